The Bertz CT molecular complexity index is 1810. The third-order valence-corrected chi connectivity index (χ3v) is 8.30. The quantitative estimate of drug-likeness (QED) is 0.346. The Morgan fingerprint density at radius 1 is 1.03 bits per heavy atom. The van der Waals surface area contributed by atoms with E-state index >= 15 is 0 Å². The van der Waals surface area contributed by atoms with E-state index < -0.39 is 9.84 Å². The number of rotatable bonds is 6. The minimum Gasteiger partial charge on any atom is -0.493 e. The van der Waals surface area contributed by atoms with Crippen LogP contribution in [0.2, 0.25) is 0 Å². The van der Waals surface area contributed by atoms with E-state index in [1.54, 1.807) is 48.0 Å². The summed E-state index contributed by atoms with van der Waals surface area (Å²) < 4.78 is 49.3. The van der Waals surface area contributed by atoms with E-state index in [4.69, 9.17) is 4.74 Å². The molecule has 0 bridgehead atoms. The molecule has 6 rings (SSSR count). The summed E-state index contributed by atoms with van der Waals surface area (Å²) in [4.78, 5) is 17.8. The second-order valence-corrected chi connectivity index (χ2v) is 10.8. The fraction of sp³-hybridized carbons (Fsp3) is 0.185. The minimum atomic E-state index is -3.98. The Labute approximate surface area is 218 Å². The van der Waals surface area contributed by atoms with Crippen LogP contribution in [0, 0.1) is 19.7 Å². The molecule has 192 valence electrons. The SMILES string of the molecule is Cc1ncc(-c2cnc(NCc3c(F)ccc4c3CCO4)n3cnc(S(=O)(=O)c4ccccc4)c23)c(C)n1. The lowest BCUT2D eigenvalue weighted by Crippen LogP contribution is -2.10. The lowest BCUT2D eigenvalue weighted by atomic mass is 10.0. The van der Waals surface area contributed by atoms with Gasteiger partial charge in [0.05, 0.1) is 17.0 Å². The maximum atomic E-state index is 14.7. The summed E-state index contributed by atoms with van der Waals surface area (Å²) in [5, 5.41) is 3.05. The van der Waals surface area contributed by atoms with Gasteiger partial charge in [0, 0.05) is 53.3 Å². The Morgan fingerprint density at radius 3 is 2.61 bits per heavy atom. The normalized spacial score (nSPS) is 12.9. The van der Waals surface area contributed by atoms with E-state index in [0.29, 0.717) is 58.5 Å². The smallest absolute Gasteiger partial charge is 0.226 e. The van der Waals surface area contributed by atoms with Gasteiger partial charge in [-0.15, -0.1) is 0 Å². The lowest BCUT2D eigenvalue weighted by molar-refractivity contribution is 0.356. The molecule has 0 spiro atoms. The number of anilines is 1. The van der Waals surface area contributed by atoms with Gasteiger partial charge in [-0.2, -0.15) is 0 Å². The number of benzene rings is 2. The van der Waals surface area contributed by atoms with Gasteiger partial charge >= 0.3 is 0 Å². The molecule has 0 atom stereocenters. The van der Waals surface area contributed by atoms with E-state index in [1.807, 2.05) is 6.92 Å². The molecule has 1 aliphatic heterocycles. The van der Waals surface area contributed by atoms with Crippen LogP contribution >= 0.6 is 0 Å². The van der Waals surface area contributed by atoms with Crippen LogP contribution in [0.4, 0.5) is 10.3 Å². The largest absolute Gasteiger partial charge is 0.493 e. The summed E-state index contributed by atoms with van der Waals surface area (Å²) in [6.07, 6.45) is 5.24. The van der Waals surface area contributed by atoms with Crippen LogP contribution in [0.25, 0.3) is 16.6 Å². The summed E-state index contributed by atoms with van der Waals surface area (Å²) in [6.45, 7) is 4.25. The van der Waals surface area contributed by atoms with Crippen LogP contribution in [-0.4, -0.2) is 39.4 Å². The van der Waals surface area contributed by atoms with Crippen LogP contribution in [0.5, 0.6) is 5.75 Å². The standard InChI is InChI=1S/C27H23FN6O3S/c1-16-20(12-29-17(2)33-16)22-14-31-27(30-13-21-19-10-11-37-24(19)9-8-23(21)28)34-15-32-26(25(22)34)38(35,36)18-6-4-3-5-7-18/h3-9,12,14-15H,10-11,13H2,1-2H3,(H,30,31). The van der Waals surface area contributed by atoms with Gasteiger partial charge in [0.2, 0.25) is 15.8 Å². The fourth-order valence-electron chi connectivity index (χ4n) is 4.74. The molecule has 0 aliphatic carbocycles. The number of hydrogen-bond donors (Lipinski definition) is 1. The highest BCUT2D eigenvalue weighted by atomic mass is 32.2. The van der Waals surface area contributed by atoms with E-state index in [2.05, 4.69) is 25.3 Å². The van der Waals surface area contributed by atoms with Crippen LogP contribution in [0.15, 0.2) is 71.1 Å². The van der Waals surface area contributed by atoms with Crippen LogP contribution in [0.1, 0.15) is 22.6 Å². The zero-order chi connectivity index (χ0) is 26.4. The van der Waals surface area contributed by atoms with Crippen molar-refractivity contribution in [3.8, 4) is 16.9 Å². The molecule has 38 heavy (non-hydrogen) atoms. The molecule has 0 unspecified atom stereocenters. The molecule has 5 aromatic rings. The summed E-state index contributed by atoms with van der Waals surface area (Å²) in [6, 6.07) is 11.1. The molecule has 1 N–H and O–H groups in total. The molecule has 0 saturated heterocycles. The first-order valence-electron chi connectivity index (χ1n) is 12.0. The van der Waals surface area contributed by atoms with Crippen LogP contribution in [-0.2, 0) is 22.8 Å². The average molecular weight is 531 g/mol. The van der Waals surface area contributed by atoms with Crippen molar-refractivity contribution >= 4 is 21.3 Å². The Kier molecular flexibility index (Phi) is 5.79. The number of halogens is 1. The number of nitrogens with zero attached hydrogens (tertiary/aromatic N) is 5. The molecule has 0 radical (unpaired) electrons. The van der Waals surface area contributed by atoms with Gasteiger partial charge in [0.25, 0.3) is 0 Å². The molecule has 0 saturated carbocycles. The number of sulfone groups is 1. The first-order valence-corrected chi connectivity index (χ1v) is 13.5. The number of nitrogens with one attached hydrogen (secondary N) is 1. The number of fused-ring (bicyclic) bond motifs is 2. The number of imidazole rings is 1. The Hall–Kier alpha value is -4.38. The molecule has 9 nitrogen and oxygen atoms in total. The molecule has 0 fully saturated rings. The maximum Gasteiger partial charge on any atom is 0.226 e. The van der Waals surface area contributed by atoms with E-state index in [1.165, 1.54) is 24.5 Å². The topological polar surface area (TPSA) is 111 Å². The van der Waals surface area contributed by atoms with Crippen molar-refractivity contribution < 1.29 is 17.5 Å². The van der Waals surface area contributed by atoms with Crippen molar-refractivity contribution in [1.82, 2.24) is 24.3 Å². The van der Waals surface area contributed by atoms with Gasteiger partial charge in [0.1, 0.15) is 23.7 Å². The molecular weight excluding hydrogens is 507 g/mol. The minimum absolute atomic E-state index is 0.121. The lowest BCUT2D eigenvalue weighted by Gasteiger charge is -2.14. The summed E-state index contributed by atoms with van der Waals surface area (Å²) in [5.41, 5.74) is 3.45. The summed E-state index contributed by atoms with van der Waals surface area (Å²) >= 11 is 0. The number of hydrogen-bond acceptors (Lipinski definition) is 8. The molecule has 11 heteroatoms. The molecule has 0 amide bonds. The van der Waals surface area contributed by atoms with Crippen molar-refractivity contribution in [2.75, 3.05) is 11.9 Å². The zero-order valence-electron chi connectivity index (χ0n) is 20.6. The second kappa shape index (κ2) is 9.18. The van der Waals surface area contributed by atoms with Gasteiger partial charge < -0.3 is 10.1 Å². The second-order valence-electron chi connectivity index (χ2n) is 8.95. The third kappa shape index (κ3) is 3.95. The molecule has 2 aromatic carbocycles. The molecule has 1 aliphatic rings. The first kappa shape index (κ1) is 24.0. The highest BCUT2D eigenvalue weighted by Crippen LogP contribution is 2.35. The predicted molar refractivity (Wildman–Crippen MR) is 138 cm³/mol. The van der Waals surface area contributed by atoms with Crippen LogP contribution in [0.3, 0.4) is 0 Å². The average Bonchev–Trinajstić information content (AvgIpc) is 3.57. The monoisotopic (exact) mass is 530 g/mol. The van der Waals surface area contributed by atoms with Crippen molar-refractivity contribution in [3.05, 3.63) is 89.6 Å². The van der Waals surface area contributed by atoms with Crippen molar-refractivity contribution in [3.63, 3.8) is 0 Å². The maximum absolute atomic E-state index is 14.7. The van der Waals surface area contributed by atoms with Crippen LogP contribution < -0.4 is 10.1 Å². The van der Waals surface area contributed by atoms with Gasteiger partial charge in [0.15, 0.2) is 5.03 Å². The third-order valence-electron chi connectivity index (χ3n) is 6.60. The van der Waals surface area contributed by atoms with E-state index in [9.17, 15) is 12.8 Å². The summed E-state index contributed by atoms with van der Waals surface area (Å²) in [7, 11) is -3.98. The zero-order valence-corrected chi connectivity index (χ0v) is 21.5. The number of aromatic nitrogens is 5. The van der Waals surface area contributed by atoms with Crippen molar-refractivity contribution in [2.24, 2.45) is 0 Å². The highest BCUT2D eigenvalue weighted by molar-refractivity contribution is 7.91. The van der Waals surface area contributed by atoms with Crippen molar-refractivity contribution in [2.45, 2.75) is 36.7 Å². The van der Waals surface area contributed by atoms with Gasteiger partial charge in [-0.3, -0.25) is 4.40 Å². The first-order chi connectivity index (χ1) is 18.3. The predicted octanol–water partition coefficient (Wildman–Crippen LogP) is 4.32. The highest BCUT2D eigenvalue weighted by Gasteiger charge is 2.28. The van der Waals surface area contributed by atoms with E-state index in [-0.39, 0.29) is 22.3 Å². The van der Waals surface area contributed by atoms with E-state index in [0.717, 1.165) is 5.56 Å². The van der Waals surface area contributed by atoms with Crippen molar-refractivity contribution in [1.29, 1.82) is 0 Å². The fourth-order valence-corrected chi connectivity index (χ4v) is 6.13. The number of ether oxygens (including phenoxy) is 1. The molecule has 3 aromatic heterocycles. The van der Waals surface area contributed by atoms with Gasteiger partial charge in [-0.05, 0) is 38.1 Å². The molecular formula is C27H23FN6O3S. The summed E-state index contributed by atoms with van der Waals surface area (Å²) in [5.74, 6) is 1.23. The Balaban J connectivity index is 1.51. The van der Waals surface area contributed by atoms with Gasteiger partial charge in [-0.1, -0.05) is 18.2 Å². The van der Waals surface area contributed by atoms with Gasteiger partial charge in [-0.25, -0.2) is 32.7 Å². The Morgan fingerprint density at radius 2 is 1.82 bits per heavy atom. The molecule has 4 heterocycles. The number of aryl methyl sites for hydroxylation is 2.